The molecule has 92 heavy (non-hydrogen) atoms. The molecule has 3 aromatic heterocycles. The number of anilines is 1. The maximum absolute atomic E-state index is 13.5. The van der Waals surface area contributed by atoms with Crippen molar-refractivity contribution >= 4 is 95.0 Å². The average Bonchev–Trinajstić information content (AvgIpc) is 0.952. The first kappa shape index (κ1) is 72.8. The predicted molar refractivity (Wildman–Crippen MR) is 323 cm³/mol. The van der Waals surface area contributed by atoms with Crippen molar-refractivity contribution < 1.29 is 82.3 Å². The second-order valence-corrected chi connectivity index (χ2v) is 21.4. The quantitative estimate of drug-likeness (QED) is 0.00572. The van der Waals surface area contributed by atoms with Gasteiger partial charge in [-0.25, -0.2) is 29.3 Å². The molecule has 500 valence electrons. The highest BCUT2D eigenvalue weighted by Crippen LogP contribution is 2.18. The summed E-state index contributed by atoms with van der Waals surface area (Å²) in [4.78, 5) is 181. The van der Waals surface area contributed by atoms with Gasteiger partial charge in [0, 0.05) is 110 Å². The van der Waals surface area contributed by atoms with Crippen LogP contribution in [0.25, 0.3) is 11.2 Å². The number of carboxylic acids is 3. The minimum atomic E-state index is -1.58. The van der Waals surface area contributed by atoms with Gasteiger partial charge < -0.3 is 60.6 Å². The fourth-order valence-corrected chi connectivity index (χ4v) is 9.37. The molecular formula is C56H78N18O18. The number of aliphatic carboxylic acids is 3. The third-order valence-electron chi connectivity index (χ3n) is 14.3. The Bertz CT molecular complexity index is 3280. The summed E-state index contributed by atoms with van der Waals surface area (Å²) in [5.41, 5.74) is 0.181. The van der Waals surface area contributed by atoms with Crippen molar-refractivity contribution in [3.63, 3.8) is 0 Å². The molecule has 1 aliphatic heterocycles. The molecular weight excluding hydrogens is 1210 g/mol. The Morgan fingerprint density at radius 1 is 0.728 bits per heavy atom. The number of benzene rings is 1. The van der Waals surface area contributed by atoms with Crippen LogP contribution in [-0.4, -0.2) is 285 Å². The van der Waals surface area contributed by atoms with Crippen molar-refractivity contribution in [1.82, 2.24) is 80.7 Å². The van der Waals surface area contributed by atoms with Gasteiger partial charge >= 0.3 is 35.8 Å². The van der Waals surface area contributed by atoms with Gasteiger partial charge in [-0.2, -0.15) is 4.98 Å². The van der Waals surface area contributed by atoms with Crippen molar-refractivity contribution in [2.24, 2.45) is 4.99 Å². The van der Waals surface area contributed by atoms with Gasteiger partial charge in [0.15, 0.2) is 11.2 Å². The summed E-state index contributed by atoms with van der Waals surface area (Å²) in [5, 5.41) is 47.1. The Labute approximate surface area is 527 Å². The Balaban J connectivity index is 1.09. The summed E-state index contributed by atoms with van der Waals surface area (Å²) in [6.07, 6.45) is 4.20. The van der Waals surface area contributed by atoms with E-state index in [4.69, 9.17) is 14.2 Å². The molecule has 4 unspecified atom stereocenters. The van der Waals surface area contributed by atoms with Gasteiger partial charge in [0.2, 0.25) is 30.1 Å². The number of rotatable bonds is 33. The third kappa shape index (κ3) is 24.1. The summed E-state index contributed by atoms with van der Waals surface area (Å²) < 4.78 is 16.1. The van der Waals surface area contributed by atoms with Crippen molar-refractivity contribution in [2.75, 3.05) is 119 Å². The van der Waals surface area contributed by atoms with Crippen LogP contribution in [0.15, 0.2) is 46.4 Å². The van der Waals surface area contributed by atoms with E-state index < -0.39 is 96.1 Å². The van der Waals surface area contributed by atoms with E-state index in [0.29, 0.717) is 37.2 Å². The summed E-state index contributed by atoms with van der Waals surface area (Å²) in [7, 11) is 6.67. The number of carbonyl (C=O) groups excluding carboxylic acids is 8. The number of unbranched alkanes of at least 4 members (excludes halogenated alkanes) is 1. The topological polar surface area (TPSA) is 458 Å². The molecule has 1 fully saturated rings. The number of esters is 3. The van der Waals surface area contributed by atoms with Crippen LogP contribution in [0.5, 0.6) is 0 Å². The molecule has 5 rings (SSSR count). The molecule has 0 spiro atoms. The molecule has 36 heteroatoms. The van der Waals surface area contributed by atoms with Gasteiger partial charge in [0.1, 0.15) is 18.1 Å². The van der Waals surface area contributed by atoms with Crippen molar-refractivity contribution in [1.29, 1.82) is 0 Å². The summed E-state index contributed by atoms with van der Waals surface area (Å²) in [5.74, 6) is -8.78. The third-order valence-corrected chi connectivity index (χ3v) is 14.3. The van der Waals surface area contributed by atoms with E-state index in [1.807, 2.05) is 4.90 Å². The van der Waals surface area contributed by atoms with Gasteiger partial charge in [0.05, 0.1) is 83.9 Å². The fraction of sp³-hybridized carbons (Fsp3) is 0.536. The van der Waals surface area contributed by atoms with E-state index >= 15 is 0 Å². The predicted octanol–water partition coefficient (Wildman–Crippen LogP) is -3.55. The number of aromatic nitrogens is 7. The van der Waals surface area contributed by atoms with Crippen LogP contribution in [0.2, 0.25) is 0 Å². The van der Waals surface area contributed by atoms with Gasteiger partial charge in [0.25, 0.3) is 11.5 Å². The first-order valence-corrected chi connectivity index (χ1v) is 29.0. The first-order valence-electron chi connectivity index (χ1n) is 29.0. The highest BCUT2D eigenvalue weighted by Gasteiger charge is 2.31. The zero-order valence-corrected chi connectivity index (χ0v) is 51.8. The van der Waals surface area contributed by atoms with Gasteiger partial charge in [-0.1, -0.05) is 5.21 Å². The van der Waals surface area contributed by atoms with Crippen LogP contribution >= 0.6 is 0 Å². The highest BCUT2D eigenvalue weighted by molar-refractivity contribution is 5.99. The highest BCUT2D eigenvalue weighted by atomic mass is 16.5. The Hall–Kier alpha value is -9.94. The number of hydrogen-bond donors (Lipinski definition) is 8. The number of nitrogens with zero attached hydrogens (tertiary/aromatic N) is 13. The van der Waals surface area contributed by atoms with Crippen LogP contribution in [-0.2, 0) is 81.7 Å². The van der Waals surface area contributed by atoms with E-state index in [0.717, 1.165) is 21.3 Å². The monoisotopic (exact) mass is 1290 g/mol. The minimum absolute atomic E-state index is 0.00352. The Morgan fingerprint density at radius 3 is 1.86 bits per heavy atom. The number of ether oxygens (including phenoxy) is 3. The van der Waals surface area contributed by atoms with E-state index in [-0.39, 0.29) is 132 Å². The van der Waals surface area contributed by atoms with Crippen molar-refractivity contribution in [3.05, 3.63) is 64.0 Å². The zero-order chi connectivity index (χ0) is 67.4. The van der Waals surface area contributed by atoms with E-state index in [2.05, 4.69) is 56.5 Å². The van der Waals surface area contributed by atoms with Gasteiger partial charge in [-0.05, 0) is 50.5 Å². The van der Waals surface area contributed by atoms with Crippen LogP contribution in [0.3, 0.4) is 0 Å². The van der Waals surface area contributed by atoms with E-state index in [9.17, 15) is 72.9 Å². The number of fused-ring (bicyclic) bond motifs is 1. The average molecular weight is 1290 g/mol. The van der Waals surface area contributed by atoms with Crippen molar-refractivity contribution in [3.8, 4) is 0 Å². The molecule has 5 amide bonds. The van der Waals surface area contributed by atoms with E-state index in [1.165, 1.54) is 46.4 Å². The SMILES string of the molecule is COC(=O)C(CCC(=O)NC(Cc1cn(CCCCNC(=O)C(C)N2CCN(CC(=O)O)CCN(CC(=O)O)CCN(CC(=O)O)CC2)nn1)C(=O)OC)NC(=O)CC(NC(=O)c1ccc(N(C=O)Cc2cnc3nc(N=CN(C)C)[nH]c(=O)c3n2)cc1)C(=O)OC. The second-order valence-electron chi connectivity index (χ2n) is 21.4. The molecule has 0 bridgehead atoms. The molecule has 1 aromatic carbocycles. The molecule has 1 aliphatic rings. The Kier molecular flexibility index (Phi) is 29.0. The number of aromatic amines is 1. The number of aryl methyl sites for hydroxylation is 1. The van der Waals surface area contributed by atoms with E-state index in [1.54, 1.807) is 46.8 Å². The molecule has 1 saturated heterocycles. The smallest absolute Gasteiger partial charge is 0.328 e. The molecule has 36 nitrogen and oxygen atoms in total. The molecule has 8 N–H and O–H groups in total. The normalized spacial score (nSPS) is 15.1. The number of methoxy groups -OCH3 is 3. The summed E-state index contributed by atoms with van der Waals surface area (Å²) in [6.45, 7) is 3.24. The van der Waals surface area contributed by atoms with Crippen LogP contribution in [0.4, 0.5) is 11.6 Å². The summed E-state index contributed by atoms with van der Waals surface area (Å²) >= 11 is 0. The molecule has 0 saturated carbocycles. The molecule has 0 aliphatic carbocycles. The number of amides is 5. The number of H-pyrrole nitrogens is 1. The molecule has 4 heterocycles. The van der Waals surface area contributed by atoms with Crippen LogP contribution in [0.1, 0.15) is 60.8 Å². The number of carbonyl (C=O) groups is 11. The standard InChI is InChI=1S/C56H78N18O18/c1-35(72-23-21-70(31-46(80)81)19-17-69(30-45(78)79)18-20-71(22-24-72)32-47(82)83)50(84)57-15-7-8-16-74-29-37(66-67-74)25-41(54(88)91-5)62-43(76)14-13-40(53(87)90-4)61-44(77)26-42(55(89)92-6)63-51(85)36-9-11-39(12-10-36)73(34-75)28-38-27-58-49-48(60-38)52(86)65-56(64-49)59-33-68(2)3/h9-12,27,29,33-35,40-42H,7-8,13-26,28,30-32H2,1-6H3,(H,57,84)(H,61,77)(H,62,76)(H,63,85)(H,78,79)(H,80,81)(H,82,83)(H,58,64,65,86). The lowest BCUT2D eigenvalue weighted by Crippen LogP contribution is -2.52. The summed E-state index contributed by atoms with van der Waals surface area (Å²) in [6, 6.07) is 0.564. The molecule has 4 aromatic rings. The maximum atomic E-state index is 13.5. The van der Waals surface area contributed by atoms with Gasteiger partial charge in [-0.3, -0.25) is 72.4 Å². The fourth-order valence-electron chi connectivity index (χ4n) is 9.37. The number of aliphatic imine (C=N–C) groups is 1. The zero-order valence-electron chi connectivity index (χ0n) is 51.8. The maximum Gasteiger partial charge on any atom is 0.328 e. The van der Waals surface area contributed by atoms with Crippen LogP contribution < -0.4 is 31.7 Å². The number of nitrogens with one attached hydrogen (secondary N) is 5. The minimum Gasteiger partial charge on any atom is -0.480 e. The molecule has 0 radical (unpaired) electrons. The van der Waals surface area contributed by atoms with Gasteiger partial charge in [-0.15, -0.1) is 5.10 Å². The largest absolute Gasteiger partial charge is 0.480 e. The first-order chi connectivity index (χ1) is 43.9. The lowest BCUT2D eigenvalue weighted by Gasteiger charge is -2.35. The van der Waals surface area contributed by atoms with Crippen LogP contribution in [0, 0.1) is 0 Å². The lowest BCUT2D eigenvalue weighted by molar-refractivity contribution is -0.147. The molecule has 4 atom stereocenters. The van der Waals surface area contributed by atoms with Crippen molar-refractivity contribution in [2.45, 2.75) is 82.7 Å². The Morgan fingerprint density at radius 2 is 1.29 bits per heavy atom. The number of hydrogen-bond acceptors (Lipinski definition) is 25. The lowest BCUT2D eigenvalue weighted by atomic mass is 10.1. The second kappa shape index (κ2) is 36.7. The number of carboxylic acid groups (broad SMARTS) is 3.